The molecule has 2 aromatic rings. The molecule has 2 fully saturated rings. The number of allylic oxidation sites excluding steroid dienone is 2. The molecule has 204 valence electrons. The maximum absolute atomic E-state index is 14.9. The summed E-state index contributed by atoms with van der Waals surface area (Å²) in [5, 5.41) is 21.2. The van der Waals surface area contributed by atoms with Crippen LogP contribution in [0.4, 0.5) is 4.39 Å². The van der Waals surface area contributed by atoms with Crippen molar-refractivity contribution in [3.05, 3.63) is 80.8 Å². The lowest BCUT2D eigenvalue weighted by Gasteiger charge is -2.41. The molecule has 1 heterocycles. The van der Waals surface area contributed by atoms with E-state index in [2.05, 4.69) is 5.32 Å². The Balaban J connectivity index is 1.47. The van der Waals surface area contributed by atoms with Crippen LogP contribution in [0.25, 0.3) is 0 Å². The fourth-order valence-corrected chi connectivity index (χ4v) is 5.58. The monoisotopic (exact) mass is 553 g/mol. The van der Waals surface area contributed by atoms with Crippen molar-refractivity contribution in [3.8, 4) is 0 Å². The van der Waals surface area contributed by atoms with E-state index in [1.165, 1.54) is 12.1 Å². The number of amides is 2. The van der Waals surface area contributed by atoms with E-state index < -0.39 is 23.6 Å². The first-order chi connectivity index (χ1) is 18.7. The molecule has 1 saturated heterocycles. The first-order valence-corrected chi connectivity index (χ1v) is 13.3. The van der Waals surface area contributed by atoms with Gasteiger partial charge in [0.25, 0.3) is 5.91 Å². The topological polar surface area (TPSA) is 120 Å². The zero-order chi connectivity index (χ0) is 27.8. The summed E-state index contributed by atoms with van der Waals surface area (Å²) < 4.78 is 20.2. The minimum Gasteiger partial charge on any atom is -0.478 e. The van der Waals surface area contributed by atoms with Crippen molar-refractivity contribution in [3.63, 3.8) is 0 Å². The molecule has 3 N–H and O–H groups in total. The van der Waals surface area contributed by atoms with Crippen LogP contribution in [0.5, 0.6) is 0 Å². The summed E-state index contributed by atoms with van der Waals surface area (Å²) in [5.74, 6) is -2.74. The number of rotatable bonds is 8. The normalized spacial score (nSPS) is 19.5. The number of carboxylic acid groups (broad SMARTS) is 1. The molecule has 0 aromatic heterocycles. The van der Waals surface area contributed by atoms with Gasteiger partial charge in [-0.15, -0.1) is 0 Å². The van der Waals surface area contributed by atoms with Gasteiger partial charge >= 0.3 is 5.97 Å². The summed E-state index contributed by atoms with van der Waals surface area (Å²) in [6.07, 6.45) is 2.82. The van der Waals surface area contributed by atoms with Crippen LogP contribution in [0.2, 0.25) is 5.02 Å². The Kier molecular flexibility index (Phi) is 7.55. The van der Waals surface area contributed by atoms with Crippen molar-refractivity contribution in [2.45, 2.75) is 44.1 Å². The van der Waals surface area contributed by atoms with Crippen LogP contribution in [0.15, 0.2) is 47.7 Å². The predicted molar refractivity (Wildman–Crippen MR) is 143 cm³/mol. The molecule has 39 heavy (non-hydrogen) atoms. The molecule has 3 aliphatic rings. The van der Waals surface area contributed by atoms with Crippen molar-refractivity contribution < 1.29 is 28.6 Å². The second kappa shape index (κ2) is 10.9. The highest BCUT2D eigenvalue weighted by atomic mass is 35.5. The fourth-order valence-electron chi connectivity index (χ4n) is 5.31. The molecule has 5 rings (SSSR count). The Morgan fingerprint density at radius 3 is 2.54 bits per heavy atom. The number of carboxylic acids is 1. The number of carbonyl (C=O) groups is 3. The van der Waals surface area contributed by atoms with Crippen LogP contribution < -0.4 is 5.32 Å². The molecule has 1 aliphatic heterocycles. The standard InChI is InChI=1S/C29H29ClFN3O5/c1-39-18-13-34(14-18)28(36)16-7-10-21(26(32)20-9-8-17(29(37)38)11-23(20)31)24(12-16)33-27(35)25-19(15-5-6-15)3-2-4-22(25)30/h2-4,8-9,11,15-16,18,32H,5-7,10,12-14H2,1H3,(H,33,35)(H,37,38). The van der Waals surface area contributed by atoms with Crippen LogP contribution in [0.1, 0.15) is 69.9 Å². The van der Waals surface area contributed by atoms with Crippen molar-refractivity contribution in [2.24, 2.45) is 5.92 Å². The summed E-state index contributed by atoms with van der Waals surface area (Å²) in [7, 11) is 1.61. The molecule has 0 bridgehead atoms. The Morgan fingerprint density at radius 2 is 1.90 bits per heavy atom. The first-order valence-electron chi connectivity index (χ1n) is 12.9. The third-order valence-electron chi connectivity index (χ3n) is 7.74. The van der Waals surface area contributed by atoms with Crippen molar-refractivity contribution in [1.29, 1.82) is 5.41 Å². The molecule has 0 radical (unpaired) electrons. The van der Waals surface area contributed by atoms with Gasteiger partial charge in [0.05, 0.1) is 28.0 Å². The summed E-state index contributed by atoms with van der Waals surface area (Å²) in [6, 6.07) is 8.73. The number of benzene rings is 2. The zero-order valence-corrected chi connectivity index (χ0v) is 22.2. The third kappa shape index (κ3) is 5.46. The number of halogens is 2. The molecule has 1 atom stereocenters. The summed E-state index contributed by atoms with van der Waals surface area (Å²) in [6.45, 7) is 1.01. The molecular formula is C29H29ClFN3O5. The van der Waals surface area contributed by atoms with Gasteiger partial charge < -0.3 is 20.1 Å². The van der Waals surface area contributed by atoms with E-state index in [0.29, 0.717) is 41.4 Å². The minimum absolute atomic E-state index is 0.00816. The SMILES string of the molecule is COC1CN(C(=O)C2CCC(C(=N)c3ccc(C(=O)O)cc3F)=C(NC(=O)c3c(Cl)cccc3C3CC3)C2)C1. The van der Waals surface area contributed by atoms with Crippen LogP contribution in [0, 0.1) is 17.1 Å². The molecule has 0 spiro atoms. The Hall–Kier alpha value is -3.56. The number of nitrogens with zero attached hydrogens (tertiary/aromatic N) is 1. The smallest absolute Gasteiger partial charge is 0.335 e. The number of aromatic carboxylic acids is 1. The fraction of sp³-hybridized carbons (Fsp3) is 0.379. The van der Waals surface area contributed by atoms with Crippen molar-refractivity contribution in [2.75, 3.05) is 20.2 Å². The van der Waals surface area contributed by atoms with E-state index in [1.54, 1.807) is 18.1 Å². The zero-order valence-electron chi connectivity index (χ0n) is 21.4. The number of hydrogen-bond donors (Lipinski definition) is 3. The third-order valence-corrected chi connectivity index (χ3v) is 8.06. The Labute approximate surface area is 230 Å². The molecule has 2 aliphatic carbocycles. The maximum atomic E-state index is 14.9. The van der Waals surface area contributed by atoms with Gasteiger partial charge in [-0.25, -0.2) is 9.18 Å². The number of nitrogens with one attached hydrogen (secondary N) is 2. The summed E-state index contributed by atoms with van der Waals surface area (Å²) >= 11 is 6.45. The highest BCUT2D eigenvalue weighted by Gasteiger charge is 2.38. The number of carbonyl (C=O) groups excluding carboxylic acids is 2. The van der Waals surface area contributed by atoms with Crippen LogP contribution >= 0.6 is 11.6 Å². The van der Waals surface area contributed by atoms with Crippen molar-refractivity contribution >= 4 is 35.1 Å². The number of hydrogen-bond acceptors (Lipinski definition) is 5. The Morgan fingerprint density at radius 1 is 1.15 bits per heavy atom. The first kappa shape index (κ1) is 27.0. The number of ether oxygens (including phenoxy) is 1. The largest absolute Gasteiger partial charge is 0.478 e. The van der Waals surface area contributed by atoms with Crippen LogP contribution in [-0.4, -0.2) is 59.8 Å². The lowest BCUT2D eigenvalue weighted by molar-refractivity contribution is -0.147. The highest BCUT2D eigenvalue weighted by Crippen LogP contribution is 2.43. The average Bonchev–Trinajstić information content (AvgIpc) is 3.73. The van der Waals surface area contributed by atoms with Gasteiger partial charge in [0.1, 0.15) is 5.82 Å². The lowest BCUT2D eigenvalue weighted by atomic mass is 9.82. The lowest BCUT2D eigenvalue weighted by Crippen LogP contribution is -2.56. The van der Waals surface area contributed by atoms with Gasteiger partial charge in [0, 0.05) is 37.4 Å². The number of likely N-dealkylation sites (tertiary alicyclic amines) is 1. The minimum atomic E-state index is -1.27. The molecule has 2 aromatic carbocycles. The quantitative estimate of drug-likeness (QED) is 0.407. The Bertz CT molecular complexity index is 1400. The average molecular weight is 554 g/mol. The highest BCUT2D eigenvalue weighted by molar-refractivity contribution is 6.34. The van der Waals surface area contributed by atoms with E-state index in [1.807, 2.05) is 12.1 Å². The maximum Gasteiger partial charge on any atom is 0.335 e. The molecular weight excluding hydrogens is 525 g/mol. The van der Waals surface area contributed by atoms with Gasteiger partial charge in [-0.3, -0.25) is 15.0 Å². The van der Waals surface area contributed by atoms with Crippen molar-refractivity contribution in [1.82, 2.24) is 10.2 Å². The molecule has 8 nitrogen and oxygen atoms in total. The van der Waals surface area contributed by atoms with Crippen LogP contribution in [0.3, 0.4) is 0 Å². The second-order valence-corrected chi connectivity index (χ2v) is 10.7. The van der Waals surface area contributed by atoms with Gasteiger partial charge in [-0.05, 0) is 73.4 Å². The van der Waals surface area contributed by atoms with Gasteiger partial charge in [0.2, 0.25) is 5.91 Å². The number of methoxy groups -OCH3 is 1. The molecule has 1 unspecified atom stereocenters. The van der Waals surface area contributed by atoms with E-state index in [4.69, 9.17) is 21.7 Å². The predicted octanol–water partition coefficient (Wildman–Crippen LogP) is 4.76. The van der Waals surface area contributed by atoms with Gasteiger partial charge in [-0.2, -0.15) is 0 Å². The summed E-state index contributed by atoms with van der Waals surface area (Å²) in [5.41, 5.74) is 1.56. The van der Waals surface area contributed by atoms with Gasteiger partial charge in [-0.1, -0.05) is 23.7 Å². The van der Waals surface area contributed by atoms with E-state index in [9.17, 15) is 23.9 Å². The second-order valence-electron chi connectivity index (χ2n) is 10.3. The summed E-state index contributed by atoms with van der Waals surface area (Å²) in [4.78, 5) is 39.7. The van der Waals surface area contributed by atoms with Crippen LogP contribution in [-0.2, 0) is 9.53 Å². The molecule has 2 amide bonds. The molecule has 10 heteroatoms. The van der Waals surface area contributed by atoms with E-state index in [0.717, 1.165) is 24.5 Å². The van der Waals surface area contributed by atoms with E-state index in [-0.39, 0.29) is 47.6 Å². The van der Waals surface area contributed by atoms with Gasteiger partial charge in [0.15, 0.2) is 0 Å². The van der Waals surface area contributed by atoms with E-state index >= 15 is 0 Å². The molecule has 1 saturated carbocycles.